The highest BCUT2D eigenvalue weighted by Gasteiger charge is 2.33. The van der Waals surface area contributed by atoms with Gasteiger partial charge in [-0.1, -0.05) is 12.8 Å². The first-order valence-corrected chi connectivity index (χ1v) is 8.02. The van der Waals surface area contributed by atoms with Crippen molar-refractivity contribution in [2.45, 2.75) is 68.9 Å². The van der Waals surface area contributed by atoms with E-state index in [1.807, 2.05) is 11.8 Å². The molecule has 2 saturated carbocycles. The lowest BCUT2D eigenvalue weighted by Gasteiger charge is -2.41. The second kappa shape index (κ2) is 6.27. The highest BCUT2D eigenvalue weighted by Crippen LogP contribution is 2.30. The Morgan fingerprint density at radius 2 is 2.00 bits per heavy atom. The van der Waals surface area contributed by atoms with Gasteiger partial charge in [0.05, 0.1) is 6.10 Å². The fraction of sp³-hybridized carbons (Fsp3) is 1.00. The van der Waals surface area contributed by atoms with Gasteiger partial charge in [0.15, 0.2) is 0 Å². The first-order valence-electron chi connectivity index (χ1n) is 6.74. The van der Waals surface area contributed by atoms with Crippen molar-refractivity contribution in [1.29, 1.82) is 0 Å². The van der Waals surface area contributed by atoms with Gasteiger partial charge in [-0.15, -0.1) is 0 Å². The molecule has 0 aromatic heterocycles. The van der Waals surface area contributed by atoms with Crippen LogP contribution in [0.2, 0.25) is 0 Å². The summed E-state index contributed by atoms with van der Waals surface area (Å²) in [5.41, 5.74) is 0. The molecule has 2 unspecified atom stereocenters. The van der Waals surface area contributed by atoms with E-state index < -0.39 is 0 Å². The Labute approximate surface area is 104 Å². The van der Waals surface area contributed by atoms with Crippen LogP contribution in [0.3, 0.4) is 0 Å². The fourth-order valence-electron chi connectivity index (χ4n) is 2.95. The van der Waals surface area contributed by atoms with E-state index in [9.17, 15) is 0 Å². The zero-order chi connectivity index (χ0) is 11.4. The quantitative estimate of drug-likeness (QED) is 0.802. The van der Waals surface area contributed by atoms with E-state index in [-0.39, 0.29) is 0 Å². The first kappa shape index (κ1) is 12.7. The number of hydrogen-bond donors (Lipinski definition) is 1. The van der Waals surface area contributed by atoms with Crippen molar-refractivity contribution in [1.82, 2.24) is 5.32 Å². The van der Waals surface area contributed by atoms with E-state index in [1.165, 1.54) is 38.5 Å². The molecule has 2 atom stereocenters. The maximum atomic E-state index is 5.61. The van der Waals surface area contributed by atoms with E-state index >= 15 is 0 Å². The monoisotopic (exact) mass is 243 g/mol. The largest absolute Gasteiger partial charge is 0.378 e. The number of ether oxygens (including phenoxy) is 1. The minimum Gasteiger partial charge on any atom is -0.378 e. The maximum absolute atomic E-state index is 5.61. The van der Waals surface area contributed by atoms with Crippen LogP contribution in [0.5, 0.6) is 0 Å². The van der Waals surface area contributed by atoms with Gasteiger partial charge in [0.25, 0.3) is 0 Å². The van der Waals surface area contributed by atoms with Crippen LogP contribution in [0.25, 0.3) is 0 Å². The second-order valence-corrected chi connectivity index (χ2v) is 6.15. The number of rotatable bonds is 5. The predicted molar refractivity (Wildman–Crippen MR) is 71.1 cm³/mol. The third kappa shape index (κ3) is 3.14. The zero-order valence-corrected chi connectivity index (χ0v) is 11.4. The van der Waals surface area contributed by atoms with Crippen molar-refractivity contribution in [2.24, 2.45) is 0 Å². The van der Waals surface area contributed by atoms with Gasteiger partial charge in [0.2, 0.25) is 0 Å². The van der Waals surface area contributed by atoms with Gasteiger partial charge in [0.1, 0.15) is 0 Å². The number of nitrogens with one attached hydrogen (secondary N) is 1. The summed E-state index contributed by atoms with van der Waals surface area (Å²) in [5.74, 6) is 0. The summed E-state index contributed by atoms with van der Waals surface area (Å²) < 4.78 is 5.61. The standard InChI is InChI=1S/C13H25NOS/c1-3-15-11-8-10(9-11)14-12-6-4-5-7-13(12)16-2/h10-14H,3-9H2,1-2H3. The van der Waals surface area contributed by atoms with Crippen LogP contribution < -0.4 is 5.32 Å². The predicted octanol–water partition coefficient (Wildman–Crippen LogP) is 2.82. The molecule has 16 heavy (non-hydrogen) atoms. The second-order valence-electron chi connectivity index (χ2n) is 5.08. The van der Waals surface area contributed by atoms with E-state index in [0.717, 1.165) is 23.9 Å². The zero-order valence-electron chi connectivity index (χ0n) is 10.6. The van der Waals surface area contributed by atoms with Crippen molar-refractivity contribution in [3.8, 4) is 0 Å². The summed E-state index contributed by atoms with van der Waals surface area (Å²) in [6, 6.07) is 1.49. The first-order chi connectivity index (χ1) is 7.83. The molecule has 2 rings (SSSR count). The Hall–Kier alpha value is 0.270. The average Bonchev–Trinajstić information content (AvgIpc) is 2.27. The van der Waals surface area contributed by atoms with E-state index in [4.69, 9.17) is 4.74 Å². The highest BCUT2D eigenvalue weighted by atomic mass is 32.2. The van der Waals surface area contributed by atoms with Crippen LogP contribution in [0.4, 0.5) is 0 Å². The average molecular weight is 243 g/mol. The van der Waals surface area contributed by atoms with Crippen molar-refractivity contribution < 1.29 is 4.74 Å². The van der Waals surface area contributed by atoms with Gasteiger partial charge in [-0.05, 0) is 38.9 Å². The van der Waals surface area contributed by atoms with Gasteiger partial charge >= 0.3 is 0 Å². The lowest BCUT2D eigenvalue weighted by molar-refractivity contribution is -0.0131. The third-order valence-corrected chi connectivity index (χ3v) is 5.12. The SMILES string of the molecule is CCOC1CC(NC2CCCCC2SC)C1. The van der Waals surface area contributed by atoms with Gasteiger partial charge < -0.3 is 10.1 Å². The molecule has 94 valence electrons. The molecule has 0 aromatic rings. The molecule has 0 spiro atoms. The van der Waals surface area contributed by atoms with Gasteiger partial charge in [-0.25, -0.2) is 0 Å². The molecule has 0 aromatic carbocycles. The molecule has 1 N–H and O–H groups in total. The van der Waals surface area contributed by atoms with Crippen LogP contribution in [-0.2, 0) is 4.74 Å². The van der Waals surface area contributed by atoms with E-state index in [2.05, 4.69) is 18.5 Å². The van der Waals surface area contributed by atoms with Crippen molar-refractivity contribution in [2.75, 3.05) is 12.9 Å². The van der Waals surface area contributed by atoms with E-state index in [0.29, 0.717) is 6.10 Å². The van der Waals surface area contributed by atoms with Crippen LogP contribution in [0.1, 0.15) is 45.4 Å². The van der Waals surface area contributed by atoms with Crippen LogP contribution in [-0.4, -0.2) is 36.3 Å². The maximum Gasteiger partial charge on any atom is 0.0604 e. The molecule has 0 amide bonds. The molecular formula is C13H25NOS. The Morgan fingerprint density at radius 1 is 1.25 bits per heavy atom. The fourth-order valence-corrected chi connectivity index (χ4v) is 3.89. The Bertz CT molecular complexity index is 206. The van der Waals surface area contributed by atoms with Crippen molar-refractivity contribution in [3.05, 3.63) is 0 Å². The van der Waals surface area contributed by atoms with Crippen molar-refractivity contribution in [3.63, 3.8) is 0 Å². The smallest absolute Gasteiger partial charge is 0.0604 e. The molecular weight excluding hydrogens is 218 g/mol. The molecule has 0 saturated heterocycles. The summed E-state index contributed by atoms with van der Waals surface area (Å²) >= 11 is 2.05. The summed E-state index contributed by atoms with van der Waals surface area (Å²) in [7, 11) is 0. The van der Waals surface area contributed by atoms with Gasteiger partial charge in [0, 0.05) is 23.9 Å². The molecule has 0 radical (unpaired) electrons. The minimum atomic E-state index is 0.541. The lowest BCUT2D eigenvalue weighted by Crippen LogP contribution is -2.53. The Balaban J connectivity index is 1.69. The normalized spacial score (nSPS) is 39.4. The van der Waals surface area contributed by atoms with Gasteiger partial charge in [-0.3, -0.25) is 0 Å². The minimum absolute atomic E-state index is 0.541. The number of hydrogen-bond acceptors (Lipinski definition) is 3. The molecule has 2 aliphatic rings. The third-order valence-electron chi connectivity index (χ3n) is 3.95. The Kier molecular flexibility index (Phi) is 4.98. The topological polar surface area (TPSA) is 21.3 Å². The lowest BCUT2D eigenvalue weighted by atomic mass is 9.86. The molecule has 2 aliphatic carbocycles. The molecule has 3 heteroatoms. The van der Waals surface area contributed by atoms with Gasteiger partial charge in [-0.2, -0.15) is 11.8 Å². The summed E-state index contributed by atoms with van der Waals surface area (Å²) in [6.45, 7) is 2.96. The summed E-state index contributed by atoms with van der Waals surface area (Å²) in [4.78, 5) is 0. The number of thioether (sulfide) groups is 1. The van der Waals surface area contributed by atoms with Crippen molar-refractivity contribution >= 4 is 11.8 Å². The highest BCUT2D eigenvalue weighted by molar-refractivity contribution is 7.99. The summed E-state index contributed by atoms with van der Waals surface area (Å²) in [5, 5.41) is 4.69. The molecule has 0 heterocycles. The van der Waals surface area contributed by atoms with Crippen LogP contribution >= 0.6 is 11.8 Å². The van der Waals surface area contributed by atoms with Crippen LogP contribution in [0.15, 0.2) is 0 Å². The van der Waals surface area contributed by atoms with Crippen LogP contribution in [0, 0.1) is 0 Å². The molecule has 0 bridgehead atoms. The Morgan fingerprint density at radius 3 is 2.69 bits per heavy atom. The molecule has 2 nitrogen and oxygen atoms in total. The molecule has 2 fully saturated rings. The molecule has 0 aliphatic heterocycles. The van der Waals surface area contributed by atoms with E-state index in [1.54, 1.807) is 0 Å². The summed E-state index contributed by atoms with van der Waals surface area (Å²) in [6.07, 6.45) is 10.9.